The van der Waals surface area contributed by atoms with Gasteiger partial charge in [-0.3, -0.25) is 14.0 Å². The molecule has 3 aromatic heterocycles. The van der Waals surface area contributed by atoms with Gasteiger partial charge >= 0.3 is 0 Å². The molecule has 0 bridgehead atoms. The molecule has 0 saturated carbocycles. The molecule has 0 spiro atoms. The van der Waals surface area contributed by atoms with Crippen LogP contribution in [0, 0.1) is 18.6 Å². The maximum Gasteiger partial charge on any atom is 0.263 e. The lowest BCUT2D eigenvalue weighted by Gasteiger charge is -2.33. The van der Waals surface area contributed by atoms with E-state index in [1.807, 2.05) is 18.1 Å². The Morgan fingerprint density at radius 1 is 1.15 bits per heavy atom. The number of hydrogen-bond acceptors (Lipinski definition) is 6. The topological polar surface area (TPSA) is 78.1 Å². The van der Waals surface area contributed by atoms with Crippen LogP contribution in [0.1, 0.15) is 17.5 Å². The molecule has 1 aromatic carbocycles. The summed E-state index contributed by atoms with van der Waals surface area (Å²) in [7, 11) is 3.40. The van der Waals surface area contributed by atoms with E-state index in [1.165, 1.54) is 4.57 Å². The fourth-order valence-corrected chi connectivity index (χ4v) is 4.26. The average molecular weight is 487 g/mol. The van der Waals surface area contributed by atoms with Crippen LogP contribution in [0.5, 0.6) is 0 Å². The Hall–Kier alpha value is -3.37. The fraction of sp³-hybridized carbons (Fsp3) is 0.304. The molecule has 1 aliphatic heterocycles. The van der Waals surface area contributed by atoms with Gasteiger partial charge in [-0.05, 0) is 19.1 Å². The zero-order valence-electron chi connectivity index (χ0n) is 18.7. The molecular weight excluding hydrogens is 466 g/mol. The number of anilines is 1. The van der Waals surface area contributed by atoms with Crippen molar-refractivity contribution >= 4 is 28.3 Å². The van der Waals surface area contributed by atoms with Gasteiger partial charge in [0.2, 0.25) is 0 Å². The summed E-state index contributed by atoms with van der Waals surface area (Å²) >= 11 is 5.76. The third kappa shape index (κ3) is 3.82. The van der Waals surface area contributed by atoms with Crippen molar-refractivity contribution in [2.75, 3.05) is 24.6 Å². The van der Waals surface area contributed by atoms with Gasteiger partial charge in [0.1, 0.15) is 29.4 Å². The van der Waals surface area contributed by atoms with E-state index in [-0.39, 0.29) is 27.8 Å². The summed E-state index contributed by atoms with van der Waals surface area (Å²) in [5, 5.41) is 3.96. The number of fused-ring (bicyclic) bond motifs is 1. The molecule has 1 atom stereocenters. The lowest BCUT2D eigenvalue weighted by Crippen LogP contribution is -2.39. The van der Waals surface area contributed by atoms with E-state index < -0.39 is 17.2 Å². The van der Waals surface area contributed by atoms with Gasteiger partial charge < -0.3 is 9.64 Å². The van der Waals surface area contributed by atoms with Crippen molar-refractivity contribution in [2.24, 2.45) is 14.1 Å². The quantitative estimate of drug-likeness (QED) is 0.412. The summed E-state index contributed by atoms with van der Waals surface area (Å²) in [4.78, 5) is 24.3. The minimum atomic E-state index is -0.807. The van der Waals surface area contributed by atoms with E-state index >= 15 is 0 Å². The molecule has 1 saturated heterocycles. The maximum atomic E-state index is 15.0. The van der Waals surface area contributed by atoms with Crippen LogP contribution in [0.25, 0.3) is 22.2 Å². The Morgan fingerprint density at radius 3 is 2.68 bits per heavy atom. The molecule has 0 unspecified atom stereocenters. The van der Waals surface area contributed by atoms with Crippen molar-refractivity contribution in [3.63, 3.8) is 0 Å². The number of morpholine rings is 1. The molecule has 34 heavy (non-hydrogen) atoms. The molecule has 4 aromatic rings. The Labute approximate surface area is 198 Å². The van der Waals surface area contributed by atoms with E-state index in [9.17, 15) is 13.6 Å². The third-order valence-corrected chi connectivity index (χ3v) is 6.31. The molecule has 0 amide bonds. The fourth-order valence-electron chi connectivity index (χ4n) is 4.11. The summed E-state index contributed by atoms with van der Waals surface area (Å²) < 4.78 is 38.2. The molecule has 0 N–H and O–H groups in total. The number of hydrogen-bond donors (Lipinski definition) is 0. The van der Waals surface area contributed by atoms with E-state index in [0.717, 1.165) is 17.7 Å². The molecule has 8 nitrogen and oxygen atoms in total. The third-order valence-electron chi connectivity index (χ3n) is 6.02. The van der Waals surface area contributed by atoms with Crippen LogP contribution in [0.15, 0.2) is 35.4 Å². The van der Waals surface area contributed by atoms with Crippen LogP contribution in [0.3, 0.4) is 0 Å². The summed E-state index contributed by atoms with van der Waals surface area (Å²) in [5.41, 5.74) is 0.717. The van der Waals surface area contributed by atoms with Crippen LogP contribution in [0.2, 0.25) is 5.02 Å². The van der Waals surface area contributed by atoms with E-state index in [2.05, 4.69) is 15.1 Å². The van der Waals surface area contributed by atoms with E-state index in [0.29, 0.717) is 36.9 Å². The van der Waals surface area contributed by atoms with Gasteiger partial charge in [0, 0.05) is 50.6 Å². The second-order valence-corrected chi connectivity index (χ2v) is 8.65. The van der Waals surface area contributed by atoms with E-state index in [4.69, 9.17) is 16.3 Å². The highest BCUT2D eigenvalue weighted by Gasteiger charge is 2.26. The summed E-state index contributed by atoms with van der Waals surface area (Å²) in [5.74, 6) is -0.623. The second kappa shape index (κ2) is 8.44. The predicted molar refractivity (Wildman–Crippen MR) is 124 cm³/mol. The zero-order chi connectivity index (χ0) is 24.1. The first-order valence-electron chi connectivity index (χ1n) is 10.6. The van der Waals surface area contributed by atoms with Gasteiger partial charge in [-0.1, -0.05) is 11.6 Å². The molecule has 11 heteroatoms. The van der Waals surface area contributed by atoms with Crippen molar-refractivity contribution in [2.45, 2.75) is 13.0 Å². The Balaban J connectivity index is 1.69. The van der Waals surface area contributed by atoms with Crippen molar-refractivity contribution in [3.05, 3.63) is 69.0 Å². The van der Waals surface area contributed by atoms with Crippen LogP contribution in [0.4, 0.5) is 14.6 Å². The minimum absolute atomic E-state index is 0.0121. The molecule has 1 fully saturated rings. The molecule has 1 aliphatic rings. The van der Waals surface area contributed by atoms with Gasteiger partial charge in [-0.25, -0.2) is 18.7 Å². The highest BCUT2D eigenvalue weighted by molar-refractivity contribution is 6.30. The molecular formula is C23H21ClF2N6O2. The first kappa shape index (κ1) is 22.4. The lowest BCUT2D eigenvalue weighted by atomic mass is 10.1. The number of pyridine rings is 1. The molecule has 0 radical (unpaired) electrons. The normalized spacial score (nSPS) is 16.4. The number of nitrogens with zero attached hydrogens (tertiary/aromatic N) is 6. The summed E-state index contributed by atoms with van der Waals surface area (Å²) in [6.45, 7) is 3.12. The van der Waals surface area contributed by atoms with Gasteiger partial charge in [-0.2, -0.15) is 5.10 Å². The van der Waals surface area contributed by atoms with E-state index in [1.54, 1.807) is 30.9 Å². The van der Waals surface area contributed by atoms with Crippen LogP contribution in [-0.4, -0.2) is 44.0 Å². The van der Waals surface area contributed by atoms with Gasteiger partial charge in [-0.15, -0.1) is 0 Å². The Morgan fingerprint density at radius 2 is 1.94 bits per heavy atom. The number of halogens is 3. The largest absolute Gasteiger partial charge is 0.370 e. The number of ether oxygens (including phenoxy) is 1. The Bertz CT molecular complexity index is 1480. The zero-order valence-corrected chi connectivity index (χ0v) is 19.5. The van der Waals surface area contributed by atoms with Crippen molar-refractivity contribution in [1.29, 1.82) is 0 Å². The van der Waals surface area contributed by atoms with Crippen LogP contribution < -0.4 is 10.5 Å². The Kier molecular flexibility index (Phi) is 5.57. The summed E-state index contributed by atoms with van der Waals surface area (Å²) in [6, 6.07) is 3.54. The van der Waals surface area contributed by atoms with Crippen LogP contribution in [-0.2, 0) is 18.8 Å². The highest BCUT2D eigenvalue weighted by atomic mass is 35.5. The van der Waals surface area contributed by atoms with Gasteiger partial charge in [0.15, 0.2) is 0 Å². The SMILES string of the molecule is Cc1nc2cc(N3CCO[C@H](c4cnn(C)c4)C3)nc(-c3cc(F)c(Cl)cc3F)c2c(=O)n1C. The average Bonchev–Trinajstić information content (AvgIpc) is 3.25. The van der Waals surface area contributed by atoms with Crippen molar-refractivity contribution in [3.8, 4) is 11.3 Å². The molecule has 5 rings (SSSR count). The van der Waals surface area contributed by atoms with Gasteiger partial charge in [0.05, 0.1) is 34.4 Å². The number of rotatable bonds is 3. The maximum absolute atomic E-state index is 15.0. The minimum Gasteiger partial charge on any atom is -0.370 e. The van der Waals surface area contributed by atoms with Gasteiger partial charge in [0.25, 0.3) is 5.56 Å². The summed E-state index contributed by atoms with van der Waals surface area (Å²) in [6.07, 6.45) is 3.38. The monoisotopic (exact) mass is 486 g/mol. The van der Waals surface area contributed by atoms with Crippen molar-refractivity contribution < 1.29 is 13.5 Å². The molecule has 4 heterocycles. The first-order valence-corrected chi connectivity index (χ1v) is 11.0. The van der Waals surface area contributed by atoms with Crippen LogP contribution >= 0.6 is 11.6 Å². The number of aryl methyl sites for hydroxylation is 2. The van der Waals surface area contributed by atoms with Crippen molar-refractivity contribution in [1.82, 2.24) is 24.3 Å². The molecule has 0 aliphatic carbocycles. The smallest absolute Gasteiger partial charge is 0.263 e. The molecule has 176 valence electrons. The lowest BCUT2D eigenvalue weighted by molar-refractivity contribution is 0.0395. The predicted octanol–water partition coefficient (Wildman–Crippen LogP) is 3.55. The number of aromatic nitrogens is 5. The highest BCUT2D eigenvalue weighted by Crippen LogP contribution is 2.33. The first-order chi connectivity index (χ1) is 16.2. The number of benzene rings is 1. The second-order valence-electron chi connectivity index (χ2n) is 8.25. The standard InChI is InChI=1S/C23H21ClF2N6O2/c1-12-28-18-8-20(32-4-5-34-19(11-32)13-9-27-30(2)10-13)29-22(21(18)23(33)31(12)3)14-6-17(26)15(24)7-16(14)25/h6-10,19H,4-5,11H2,1-3H3/t19-/m0/s1.